The molecule has 0 bridgehead atoms. The maximum atomic E-state index is 13.5. The number of amides is 2. The average Bonchev–Trinajstić information content (AvgIpc) is 3.51. The summed E-state index contributed by atoms with van der Waals surface area (Å²) in [4.78, 5) is 28.4. The zero-order valence-corrected chi connectivity index (χ0v) is 24.7. The van der Waals surface area contributed by atoms with Crippen molar-refractivity contribution in [3.8, 4) is 0 Å². The van der Waals surface area contributed by atoms with E-state index < -0.39 is 16.1 Å². The van der Waals surface area contributed by atoms with E-state index in [1.807, 2.05) is 30.3 Å². The third-order valence-corrected chi connectivity index (χ3v) is 9.63. The summed E-state index contributed by atoms with van der Waals surface area (Å²) in [6, 6.07) is 20.4. The molecular formula is C30H33Cl2N3O4S. The summed E-state index contributed by atoms with van der Waals surface area (Å²) in [6.45, 7) is 3.29. The molecule has 1 saturated heterocycles. The first-order chi connectivity index (χ1) is 19.1. The second kappa shape index (κ2) is 13.6. The highest BCUT2D eigenvalue weighted by molar-refractivity contribution is 7.89. The van der Waals surface area contributed by atoms with E-state index in [4.69, 9.17) is 23.2 Å². The lowest BCUT2D eigenvalue weighted by Gasteiger charge is -2.29. The van der Waals surface area contributed by atoms with Crippen LogP contribution in [-0.2, 0) is 39.1 Å². The first-order valence-corrected chi connectivity index (χ1v) is 15.5. The topological polar surface area (TPSA) is 86.8 Å². The lowest BCUT2D eigenvalue weighted by molar-refractivity contribution is -0.140. The molecule has 3 aromatic rings. The number of sulfonamides is 1. The molecular weight excluding hydrogens is 569 g/mol. The molecule has 1 fully saturated rings. The fourth-order valence-corrected chi connectivity index (χ4v) is 6.49. The lowest BCUT2D eigenvalue weighted by atomic mass is 10.1. The Labute approximate surface area is 246 Å². The summed E-state index contributed by atoms with van der Waals surface area (Å²) in [7, 11) is -3.49. The first kappa shape index (κ1) is 30.1. The lowest BCUT2D eigenvalue weighted by Crippen LogP contribution is -2.47. The smallest absolute Gasteiger partial charge is 0.243 e. The van der Waals surface area contributed by atoms with Crippen LogP contribution in [0.4, 0.5) is 0 Å². The van der Waals surface area contributed by atoms with Crippen molar-refractivity contribution >= 4 is 45.0 Å². The maximum absolute atomic E-state index is 13.5. The van der Waals surface area contributed by atoms with Gasteiger partial charge in [0.25, 0.3) is 0 Å². The second-order valence-corrected chi connectivity index (χ2v) is 12.7. The number of carbonyl (C=O) groups excluding carboxylic acids is 2. The van der Waals surface area contributed by atoms with Gasteiger partial charge in [-0.1, -0.05) is 65.7 Å². The quantitative estimate of drug-likeness (QED) is 0.317. The molecule has 0 spiro atoms. The van der Waals surface area contributed by atoms with Gasteiger partial charge < -0.3 is 10.2 Å². The van der Waals surface area contributed by atoms with Crippen molar-refractivity contribution in [1.82, 2.24) is 14.5 Å². The van der Waals surface area contributed by atoms with Crippen molar-refractivity contribution in [3.63, 3.8) is 0 Å². The van der Waals surface area contributed by atoms with Crippen molar-refractivity contribution < 1.29 is 18.0 Å². The highest BCUT2D eigenvalue weighted by Gasteiger charge is 2.28. The third kappa shape index (κ3) is 7.63. The Bertz CT molecular complexity index is 1420. The van der Waals surface area contributed by atoms with E-state index in [1.54, 1.807) is 54.3 Å². The molecule has 1 aliphatic heterocycles. The number of rotatable bonds is 11. The molecule has 7 nitrogen and oxygen atoms in total. The molecule has 212 valence electrons. The minimum absolute atomic E-state index is 0.161. The Morgan fingerprint density at radius 2 is 1.55 bits per heavy atom. The summed E-state index contributed by atoms with van der Waals surface area (Å²) < 4.78 is 27.1. The predicted octanol–water partition coefficient (Wildman–Crippen LogP) is 5.44. The van der Waals surface area contributed by atoms with Crippen molar-refractivity contribution in [2.24, 2.45) is 0 Å². The van der Waals surface area contributed by atoms with Crippen molar-refractivity contribution in [1.29, 1.82) is 0 Å². The van der Waals surface area contributed by atoms with E-state index in [0.717, 1.165) is 29.5 Å². The molecule has 1 N–H and O–H groups in total. The summed E-state index contributed by atoms with van der Waals surface area (Å²) in [5.41, 5.74) is 2.48. The number of hydrogen-bond acceptors (Lipinski definition) is 4. The number of halogens is 2. The molecule has 0 aromatic heterocycles. The zero-order valence-electron chi connectivity index (χ0n) is 22.4. The highest BCUT2D eigenvalue weighted by Crippen LogP contribution is 2.22. The van der Waals surface area contributed by atoms with Gasteiger partial charge in [0, 0.05) is 42.6 Å². The minimum Gasteiger partial charge on any atom is -0.350 e. The first-order valence-electron chi connectivity index (χ1n) is 13.3. The molecule has 0 aliphatic carbocycles. The number of nitrogens with zero attached hydrogens (tertiary/aromatic N) is 2. The number of aryl methyl sites for hydroxylation is 1. The molecule has 2 amide bonds. The van der Waals surface area contributed by atoms with Crippen LogP contribution in [0.15, 0.2) is 77.7 Å². The predicted molar refractivity (Wildman–Crippen MR) is 158 cm³/mol. The van der Waals surface area contributed by atoms with E-state index in [0.29, 0.717) is 29.6 Å². The molecule has 1 aliphatic rings. The Morgan fingerprint density at radius 1 is 0.925 bits per heavy atom. The van der Waals surface area contributed by atoms with Crippen LogP contribution in [0.25, 0.3) is 0 Å². The molecule has 1 atom stereocenters. The summed E-state index contributed by atoms with van der Waals surface area (Å²) in [5, 5.41) is 4.03. The Morgan fingerprint density at radius 3 is 2.20 bits per heavy atom. The van der Waals surface area contributed by atoms with Gasteiger partial charge >= 0.3 is 0 Å². The Hall–Kier alpha value is -2.91. The standard InChI is InChI=1S/C30H33Cl2N3O4S/c1-22(30(37)33-20-25-6-2-3-7-28(25)32)35(21-24-8-13-26(31)14-9-24)29(36)17-12-23-10-15-27(16-11-23)40(38,39)34-18-4-5-19-34/h2-3,6-11,13-16,22H,4-5,12,17-21H2,1H3,(H,33,37)/t22-/m1/s1. The van der Waals surface area contributed by atoms with E-state index in [1.165, 1.54) is 4.31 Å². The molecule has 1 heterocycles. The van der Waals surface area contributed by atoms with Gasteiger partial charge in [0.2, 0.25) is 21.8 Å². The van der Waals surface area contributed by atoms with Crippen LogP contribution in [0.3, 0.4) is 0 Å². The number of hydrogen-bond donors (Lipinski definition) is 1. The van der Waals surface area contributed by atoms with Gasteiger partial charge in [0.1, 0.15) is 6.04 Å². The zero-order chi connectivity index (χ0) is 28.7. The molecule has 3 aromatic carbocycles. The van der Waals surface area contributed by atoms with E-state index in [9.17, 15) is 18.0 Å². The highest BCUT2D eigenvalue weighted by atomic mass is 35.5. The van der Waals surface area contributed by atoms with Gasteiger partial charge in [-0.25, -0.2) is 8.42 Å². The molecule has 4 rings (SSSR count). The van der Waals surface area contributed by atoms with Gasteiger partial charge in [0.15, 0.2) is 0 Å². The summed E-state index contributed by atoms with van der Waals surface area (Å²) in [5.74, 6) is -0.484. The molecule has 0 radical (unpaired) electrons. The average molecular weight is 603 g/mol. The molecule has 0 saturated carbocycles. The SMILES string of the molecule is C[C@H](C(=O)NCc1ccccc1Cl)N(Cc1ccc(Cl)cc1)C(=O)CCc1ccc(S(=O)(=O)N2CCCC2)cc1. The molecule has 40 heavy (non-hydrogen) atoms. The van der Waals surface area contributed by atoms with Gasteiger partial charge in [-0.3, -0.25) is 9.59 Å². The largest absolute Gasteiger partial charge is 0.350 e. The normalized spacial score (nSPS) is 14.6. The van der Waals surface area contributed by atoms with Gasteiger partial charge in [-0.05, 0) is 73.2 Å². The fourth-order valence-electron chi connectivity index (χ4n) is 4.64. The van der Waals surface area contributed by atoms with E-state index in [2.05, 4.69) is 5.32 Å². The minimum atomic E-state index is -3.49. The van der Waals surface area contributed by atoms with Crippen LogP contribution in [0, 0.1) is 0 Å². The van der Waals surface area contributed by atoms with Crippen LogP contribution in [0.2, 0.25) is 10.0 Å². The molecule has 10 heteroatoms. The number of benzene rings is 3. The maximum Gasteiger partial charge on any atom is 0.243 e. The van der Waals surface area contributed by atoms with Crippen LogP contribution < -0.4 is 5.32 Å². The number of carbonyl (C=O) groups is 2. The van der Waals surface area contributed by atoms with Crippen molar-refractivity contribution in [2.45, 2.75) is 56.6 Å². The van der Waals surface area contributed by atoms with Crippen LogP contribution in [-0.4, -0.2) is 48.6 Å². The third-order valence-electron chi connectivity index (χ3n) is 7.10. The summed E-state index contributed by atoms with van der Waals surface area (Å²) >= 11 is 12.3. The Kier molecular flexibility index (Phi) is 10.2. The van der Waals surface area contributed by atoms with Crippen LogP contribution in [0.5, 0.6) is 0 Å². The van der Waals surface area contributed by atoms with Gasteiger partial charge in [0.05, 0.1) is 4.90 Å². The van der Waals surface area contributed by atoms with Crippen LogP contribution in [0.1, 0.15) is 42.9 Å². The number of nitrogens with one attached hydrogen (secondary N) is 1. The monoisotopic (exact) mass is 601 g/mol. The van der Waals surface area contributed by atoms with Gasteiger partial charge in [-0.15, -0.1) is 0 Å². The molecule has 0 unspecified atom stereocenters. The van der Waals surface area contributed by atoms with Crippen molar-refractivity contribution in [3.05, 3.63) is 99.5 Å². The van der Waals surface area contributed by atoms with E-state index in [-0.39, 0.29) is 36.2 Å². The second-order valence-electron chi connectivity index (χ2n) is 9.89. The summed E-state index contributed by atoms with van der Waals surface area (Å²) in [6.07, 6.45) is 2.33. The van der Waals surface area contributed by atoms with Crippen molar-refractivity contribution in [2.75, 3.05) is 13.1 Å². The van der Waals surface area contributed by atoms with E-state index >= 15 is 0 Å². The fraction of sp³-hybridized carbons (Fsp3) is 0.333. The Balaban J connectivity index is 1.43. The van der Waals surface area contributed by atoms with Gasteiger partial charge in [-0.2, -0.15) is 4.31 Å². The van der Waals surface area contributed by atoms with Crippen LogP contribution >= 0.6 is 23.2 Å².